The monoisotopic (exact) mass is 565 g/mol. The number of ether oxygens (including phenoxy) is 2. The Morgan fingerprint density at radius 3 is 2.50 bits per heavy atom. The molecule has 4 heterocycles. The van der Waals surface area contributed by atoms with Crippen LogP contribution in [0.15, 0.2) is 41.2 Å². The number of fused-ring (bicyclic) bond motifs is 2. The van der Waals surface area contributed by atoms with E-state index in [1.165, 1.54) is 0 Å². The molecule has 0 bridgehead atoms. The van der Waals surface area contributed by atoms with Gasteiger partial charge in [0.05, 0.1) is 34.7 Å². The number of piperidine rings is 1. The predicted molar refractivity (Wildman–Crippen MR) is 153 cm³/mol. The number of cyclic esters (lactones) is 1. The Morgan fingerprint density at radius 1 is 1.10 bits per heavy atom. The first-order chi connectivity index (χ1) is 18.9. The number of hydrogen-bond donors (Lipinski definition) is 0. The average molecular weight is 566 g/mol. The molecule has 2 aromatic carbocycles. The van der Waals surface area contributed by atoms with Crippen molar-refractivity contribution in [1.82, 2.24) is 14.5 Å². The summed E-state index contributed by atoms with van der Waals surface area (Å²) in [7, 11) is -0.695. The molecular formula is C29H33BClN3O6. The molecule has 2 atom stereocenters. The van der Waals surface area contributed by atoms with Crippen molar-refractivity contribution < 1.29 is 23.6 Å². The zero-order chi connectivity index (χ0) is 28.4. The van der Waals surface area contributed by atoms with Gasteiger partial charge in [0.2, 0.25) is 0 Å². The zero-order valence-electron chi connectivity index (χ0n) is 23.4. The first kappa shape index (κ1) is 27.1. The second-order valence-corrected chi connectivity index (χ2v) is 12.3. The second kappa shape index (κ2) is 9.78. The summed E-state index contributed by atoms with van der Waals surface area (Å²) in [5.74, 6) is 1.12. The van der Waals surface area contributed by atoms with Crippen molar-refractivity contribution in [3.63, 3.8) is 0 Å². The second-order valence-electron chi connectivity index (χ2n) is 11.9. The van der Waals surface area contributed by atoms with Crippen LogP contribution in [0, 0.1) is 6.92 Å². The standard InChI is InChI=1S/C29H33BClN3O6/c1-17-32-24-14-23(30-39-28(2,3)29(4,5)40-30)25(38-21-10-11-33-20(12-21)16-37-27(33)36)13-22(24)26(35)34(17)15-18-6-8-19(31)9-7-18/h6-9,13-14,20-21H,10-12,15-16H2,1-5H3/t20-,21-/m0/s1. The molecule has 210 valence electrons. The highest BCUT2D eigenvalue weighted by Crippen LogP contribution is 2.38. The Kier molecular flexibility index (Phi) is 6.63. The maximum Gasteiger partial charge on any atom is 0.498 e. The van der Waals surface area contributed by atoms with Gasteiger partial charge >= 0.3 is 13.2 Å². The van der Waals surface area contributed by atoms with Crippen LogP contribution >= 0.6 is 11.6 Å². The third-order valence-corrected chi connectivity index (χ3v) is 8.88. The number of carbonyl (C=O) groups excluding carboxylic acids is 1. The van der Waals surface area contributed by atoms with E-state index < -0.39 is 18.3 Å². The van der Waals surface area contributed by atoms with Gasteiger partial charge < -0.3 is 23.7 Å². The lowest BCUT2D eigenvalue weighted by Crippen LogP contribution is -2.45. The van der Waals surface area contributed by atoms with Crippen LogP contribution in [0.4, 0.5) is 4.79 Å². The van der Waals surface area contributed by atoms with Crippen molar-refractivity contribution >= 4 is 41.2 Å². The highest BCUT2D eigenvalue weighted by Gasteiger charge is 2.53. The number of halogens is 1. The Morgan fingerprint density at radius 2 is 1.80 bits per heavy atom. The van der Waals surface area contributed by atoms with Gasteiger partial charge in [-0.3, -0.25) is 9.36 Å². The molecule has 3 aliphatic rings. The van der Waals surface area contributed by atoms with Crippen molar-refractivity contribution in [2.75, 3.05) is 13.2 Å². The smallest absolute Gasteiger partial charge is 0.491 e. The molecule has 3 aliphatic heterocycles. The summed E-state index contributed by atoms with van der Waals surface area (Å²) < 4.78 is 26.3. The van der Waals surface area contributed by atoms with Crippen LogP contribution < -0.4 is 15.8 Å². The summed E-state index contributed by atoms with van der Waals surface area (Å²) in [6.45, 7) is 11.1. The Bertz CT molecular complexity index is 1520. The molecule has 1 amide bonds. The summed E-state index contributed by atoms with van der Waals surface area (Å²) >= 11 is 6.05. The lowest BCUT2D eigenvalue weighted by atomic mass is 9.77. The predicted octanol–water partition coefficient (Wildman–Crippen LogP) is 4.07. The van der Waals surface area contributed by atoms with Gasteiger partial charge in [0, 0.05) is 29.9 Å². The molecular weight excluding hydrogens is 533 g/mol. The molecule has 3 fully saturated rings. The van der Waals surface area contributed by atoms with Gasteiger partial charge in [-0.1, -0.05) is 23.7 Å². The molecule has 11 heteroatoms. The van der Waals surface area contributed by atoms with Gasteiger partial charge in [-0.05, 0) is 64.4 Å². The highest BCUT2D eigenvalue weighted by molar-refractivity contribution is 6.63. The van der Waals surface area contributed by atoms with Crippen LogP contribution in [0.3, 0.4) is 0 Å². The minimum Gasteiger partial charge on any atom is -0.491 e. The van der Waals surface area contributed by atoms with E-state index in [1.54, 1.807) is 15.5 Å². The van der Waals surface area contributed by atoms with E-state index in [0.717, 1.165) is 5.56 Å². The number of rotatable bonds is 5. The van der Waals surface area contributed by atoms with Crippen LogP contribution in [0.5, 0.6) is 5.75 Å². The maximum absolute atomic E-state index is 13.8. The number of aromatic nitrogens is 2. The van der Waals surface area contributed by atoms with Crippen molar-refractivity contribution in [3.8, 4) is 5.75 Å². The average Bonchev–Trinajstić information content (AvgIpc) is 3.37. The van der Waals surface area contributed by atoms with E-state index in [2.05, 4.69) is 0 Å². The van der Waals surface area contributed by atoms with Gasteiger partial charge in [0.25, 0.3) is 5.56 Å². The minimum absolute atomic E-state index is 0.0204. The minimum atomic E-state index is -0.695. The lowest BCUT2D eigenvalue weighted by Gasteiger charge is -2.33. The SMILES string of the molecule is Cc1nc2cc(B3OC(C)(C)C(C)(C)O3)c(O[C@H]3CCN4C(=O)OC[C@@H]4C3)cc2c(=O)n1Cc1ccc(Cl)cc1. The normalized spacial score (nSPS) is 23.4. The fourth-order valence-electron chi connectivity index (χ4n) is 5.54. The highest BCUT2D eigenvalue weighted by atomic mass is 35.5. The molecule has 0 spiro atoms. The summed E-state index contributed by atoms with van der Waals surface area (Å²) in [6, 6.07) is 11.0. The molecule has 0 radical (unpaired) electrons. The molecule has 1 aromatic heterocycles. The molecule has 0 N–H and O–H groups in total. The van der Waals surface area contributed by atoms with E-state index in [1.807, 2.05) is 65.0 Å². The number of benzene rings is 2. The first-order valence-electron chi connectivity index (χ1n) is 13.7. The van der Waals surface area contributed by atoms with Crippen LogP contribution in [0.2, 0.25) is 5.02 Å². The van der Waals surface area contributed by atoms with E-state index in [9.17, 15) is 9.59 Å². The number of amides is 1. The molecule has 3 saturated heterocycles. The zero-order valence-corrected chi connectivity index (χ0v) is 24.2. The van der Waals surface area contributed by atoms with Crippen molar-refractivity contribution in [3.05, 3.63) is 63.2 Å². The van der Waals surface area contributed by atoms with Gasteiger partial charge in [-0.25, -0.2) is 9.78 Å². The summed E-state index contributed by atoms with van der Waals surface area (Å²) in [5.41, 5.74) is 0.920. The topological polar surface area (TPSA) is 92.1 Å². The Balaban J connectivity index is 1.40. The van der Waals surface area contributed by atoms with Gasteiger partial charge in [-0.15, -0.1) is 0 Å². The van der Waals surface area contributed by atoms with E-state index >= 15 is 0 Å². The molecule has 0 unspecified atom stereocenters. The van der Waals surface area contributed by atoms with Crippen molar-refractivity contribution in [2.45, 2.75) is 77.4 Å². The molecule has 0 aliphatic carbocycles. The fraction of sp³-hybridized carbons (Fsp3) is 0.483. The van der Waals surface area contributed by atoms with Crippen molar-refractivity contribution in [2.24, 2.45) is 0 Å². The summed E-state index contributed by atoms with van der Waals surface area (Å²) in [4.78, 5) is 32.4. The van der Waals surface area contributed by atoms with Gasteiger partial charge in [0.1, 0.15) is 24.3 Å². The molecule has 0 saturated carbocycles. The number of hydrogen-bond acceptors (Lipinski definition) is 7. The summed E-state index contributed by atoms with van der Waals surface area (Å²) in [5, 5.41) is 1.09. The number of nitrogens with zero attached hydrogens (tertiary/aromatic N) is 3. The maximum atomic E-state index is 13.8. The largest absolute Gasteiger partial charge is 0.498 e. The Hall–Kier alpha value is -3.08. The van der Waals surface area contributed by atoms with Gasteiger partial charge in [-0.2, -0.15) is 0 Å². The van der Waals surface area contributed by atoms with Gasteiger partial charge in [0.15, 0.2) is 0 Å². The van der Waals surface area contributed by atoms with Crippen molar-refractivity contribution in [1.29, 1.82) is 0 Å². The first-order valence-corrected chi connectivity index (χ1v) is 14.0. The Labute approximate surface area is 238 Å². The molecule has 6 rings (SSSR count). The van der Waals surface area contributed by atoms with Crippen LogP contribution in [-0.2, 0) is 20.6 Å². The van der Waals surface area contributed by atoms with Crippen LogP contribution in [-0.4, -0.2) is 64.2 Å². The lowest BCUT2D eigenvalue weighted by molar-refractivity contribution is 0.00578. The number of carbonyl (C=O) groups is 1. The van der Waals surface area contributed by atoms with E-state index in [4.69, 9.17) is 35.4 Å². The molecule has 3 aromatic rings. The quantitative estimate of drug-likeness (QED) is 0.431. The fourth-order valence-corrected chi connectivity index (χ4v) is 5.67. The third kappa shape index (κ3) is 4.76. The number of aryl methyl sites for hydroxylation is 1. The third-order valence-electron chi connectivity index (χ3n) is 8.63. The molecule has 9 nitrogen and oxygen atoms in total. The van der Waals surface area contributed by atoms with E-state index in [-0.39, 0.29) is 23.8 Å². The summed E-state index contributed by atoms with van der Waals surface area (Å²) in [6.07, 6.45) is 0.859. The van der Waals surface area contributed by atoms with E-state index in [0.29, 0.717) is 65.5 Å². The van der Waals surface area contributed by atoms with Crippen LogP contribution in [0.1, 0.15) is 51.9 Å². The van der Waals surface area contributed by atoms with Crippen LogP contribution in [0.25, 0.3) is 10.9 Å². The molecule has 40 heavy (non-hydrogen) atoms.